The smallest absolute Gasteiger partial charge is 0.251 e. The summed E-state index contributed by atoms with van der Waals surface area (Å²) in [5.41, 5.74) is 4.24. The number of guanidine groups is 1. The minimum Gasteiger partial charge on any atom is -0.354 e. The fraction of sp³-hybridized carbons (Fsp3) is 0.524. The zero-order valence-electron chi connectivity index (χ0n) is 17.7. The lowest BCUT2D eigenvalue weighted by Crippen LogP contribution is -2.49. The first-order valence-corrected chi connectivity index (χ1v) is 10.1. The summed E-state index contributed by atoms with van der Waals surface area (Å²) in [6, 6.07) is 10.5. The largest absolute Gasteiger partial charge is 0.354 e. The van der Waals surface area contributed by atoms with E-state index in [9.17, 15) is 8.78 Å². The van der Waals surface area contributed by atoms with Crippen LogP contribution in [0.4, 0.5) is 8.78 Å². The number of hydrogen-bond acceptors (Lipinski definition) is 3. The van der Waals surface area contributed by atoms with Crippen LogP contribution in [-0.4, -0.2) is 59.8 Å². The van der Waals surface area contributed by atoms with Crippen molar-refractivity contribution in [3.8, 4) is 5.69 Å². The van der Waals surface area contributed by atoms with Crippen LogP contribution >= 0.6 is 24.0 Å². The highest BCUT2D eigenvalue weighted by Crippen LogP contribution is 2.17. The van der Waals surface area contributed by atoms with E-state index in [1.807, 2.05) is 35.6 Å². The number of aromatic nitrogens is 2. The van der Waals surface area contributed by atoms with Gasteiger partial charge in [0, 0.05) is 38.4 Å². The molecule has 0 atom stereocenters. The average molecular weight is 532 g/mol. The third kappa shape index (κ3) is 6.63. The van der Waals surface area contributed by atoms with E-state index >= 15 is 0 Å². The van der Waals surface area contributed by atoms with Gasteiger partial charge in [0.2, 0.25) is 0 Å². The number of nitrogens with zero attached hydrogens (tertiary/aromatic N) is 4. The molecule has 1 saturated heterocycles. The number of hydrogen-bond donors (Lipinski definition) is 2. The predicted octanol–water partition coefficient (Wildman–Crippen LogP) is 3.50. The van der Waals surface area contributed by atoms with Gasteiger partial charge in [-0.05, 0) is 44.4 Å². The zero-order valence-corrected chi connectivity index (χ0v) is 20.1. The van der Waals surface area contributed by atoms with Crippen LogP contribution in [0, 0.1) is 13.8 Å². The predicted molar refractivity (Wildman–Crippen MR) is 127 cm³/mol. The molecular weight excluding hydrogens is 501 g/mol. The minimum absolute atomic E-state index is 0. The number of nitrogens with one attached hydrogen (secondary N) is 2. The number of likely N-dealkylation sites (tertiary alicyclic amines) is 1. The Morgan fingerprint density at radius 3 is 2.53 bits per heavy atom. The van der Waals surface area contributed by atoms with Crippen molar-refractivity contribution < 1.29 is 8.78 Å². The van der Waals surface area contributed by atoms with Crippen molar-refractivity contribution in [2.24, 2.45) is 4.99 Å². The normalized spacial score (nSPS) is 15.9. The summed E-state index contributed by atoms with van der Waals surface area (Å²) >= 11 is 0. The van der Waals surface area contributed by atoms with Gasteiger partial charge in [0.1, 0.15) is 0 Å². The van der Waals surface area contributed by atoms with E-state index in [2.05, 4.69) is 38.9 Å². The van der Waals surface area contributed by atoms with E-state index in [-0.39, 0.29) is 36.6 Å². The molecule has 0 amide bonds. The molecule has 1 aromatic heterocycles. The van der Waals surface area contributed by atoms with Gasteiger partial charge in [-0.25, -0.2) is 13.5 Å². The number of piperidine rings is 1. The van der Waals surface area contributed by atoms with E-state index < -0.39 is 6.43 Å². The zero-order chi connectivity index (χ0) is 20.8. The minimum atomic E-state index is -2.27. The van der Waals surface area contributed by atoms with E-state index in [1.165, 1.54) is 0 Å². The van der Waals surface area contributed by atoms with Crippen molar-refractivity contribution in [3.05, 3.63) is 47.3 Å². The van der Waals surface area contributed by atoms with Crippen molar-refractivity contribution in [1.29, 1.82) is 0 Å². The first-order valence-electron chi connectivity index (χ1n) is 10.1. The van der Waals surface area contributed by atoms with Crippen LogP contribution in [0.25, 0.3) is 5.69 Å². The number of benzene rings is 1. The lowest BCUT2D eigenvalue weighted by Gasteiger charge is -2.32. The standard InChI is InChI=1S/C21H30F2N6.HI/c1-15-12-16(2)29(27-15)19-7-5-4-6-17(19)13-25-21(24-3)26-18-8-10-28(11-9-18)14-20(22)23;/h4-7,12,18,20H,8-11,13-14H2,1-3H3,(H2,24,25,26);1H. The van der Waals surface area contributed by atoms with Crippen molar-refractivity contribution in [2.75, 3.05) is 26.7 Å². The van der Waals surface area contributed by atoms with Crippen LogP contribution in [0.2, 0.25) is 0 Å². The molecule has 0 radical (unpaired) electrons. The van der Waals surface area contributed by atoms with E-state index in [0.717, 1.165) is 41.4 Å². The summed E-state index contributed by atoms with van der Waals surface area (Å²) in [5, 5.41) is 11.4. The fourth-order valence-corrected chi connectivity index (χ4v) is 3.76. The van der Waals surface area contributed by atoms with Gasteiger partial charge < -0.3 is 10.6 Å². The first-order chi connectivity index (χ1) is 14.0. The molecule has 1 aliphatic rings. The van der Waals surface area contributed by atoms with Crippen LogP contribution in [0.15, 0.2) is 35.3 Å². The molecule has 166 valence electrons. The molecule has 0 bridgehead atoms. The molecule has 0 saturated carbocycles. The van der Waals surface area contributed by atoms with Gasteiger partial charge in [-0.2, -0.15) is 5.10 Å². The lowest BCUT2D eigenvalue weighted by molar-refractivity contribution is 0.0744. The number of para-hydroxylation sites is 1. The maximum atomic E-state index is 12.5. The molecule has 0 unspecified atom stereocenters. The molecule has 6 nitrogen and oxygen atoms in total. The average Bonchev–Trinajstić information content (AvgIpc) is 3.04. The Morgan fingerprint density at radius 2 is 1.93 bits per heavy atom. The summed E-state index contributed by atoms with van der Waals surface area (Å²) in [5.74, 6) is 0.723. The molecule has 0 aliphatic carbocycles. The molecule has 1 aromatic carbocycles. The van der Waals surface area contributed by atoms with Gasteiger partial charge in [0.25, 0.3) is 6.43 Å². The summed E-state index contributed by atoms with van der Waals surface area (Å²) in [6.45, 7) is 5.87. The molecule has 2 aromatic rings. The second-order valence-electron chi connectivity index (χ2n) is 7.50. The van der Waals surface area contributed by atoms with Crippen molar-refractivity contribution >= 4 is 29.9 Å². The SMILES string of the molecule is CN=C(NCc1ccccc1-n1nc(C)cc1C)NC1CCN(CC(F)F)CC1.I. The third-order valence-corrected chi connectivity index (χ3v) is 5.22. The quantitative estimate of drug-likeness (QED) is 0.340. The molecule has 1 aliphatic heterocycles. The topological polar surface area (TPSA) is 57.5 Å². The van der Waals surface area contributed by atoms with Gasteiger partial charge in [-0.3, -0.25) is 9.89 Å². The van der Waals surface area contributed by atoms with Gasteiger partial charge in [-0.1, -0.05) is 18.2 Å². The maximum absolute atomic E-state index is 12.5. The number of alkyl halides is 2. The van der Waals surface area contributed by atoms with Gasteiger partial charge >= 0.3 is 0 Å². The second-order valence-corrected chi connectivity index (χ2v) is 7.50. The Hall–Kier alpha value is -1.75. The molecule has 2 N–H and O–H groups in total. The van der Waals surface area contributed by atoms with Gasteiger partial charge in [-0.15, -0.1) is 24.0 Å². The van der Waals surface area contributed by atoms with Crippen molar-refractivity contribution in [1.82, 2.24) is 25.3 Å². The number of aryl methyl sites for hydroxylation is 2. The van der Waals surface area contributed by atoms with Crippen LogP contribution < -0.4 is 10.6 Å². The summed E-state index contributed by atoms with van der Waals surface area (Å²) in [7, 11) is 1.74. The van der Waals surface area contributed by atoms with Crippen molar-refractivity contribution in [2.45, 2.75) is 45.7 Å². The van der Waals surface area contributed by atoms with Crippen LogP contribution in [-0.2, 0) is 6.54 Å². The van der Waals surface area contributed by atoms with E-state index in [0.29, 0.717) is 19.6 Å². The molecule has 0 spiro atoms. The van der Waals surface area contributed by atoms with Gasteiger partial charge in [0.15, 0.2) is 5.96 Å². The first kappa shape index (κ1) is 24.5. The van der Waals surface area contributed by atoms with Crippen molar-refractivity contribution in [3.63, 3.8) is 0 Å². The van der Waals surface area contributed by atoms with Crippen LogP contribution in [0.1, 0.15) is 29.8 Å². The van der Waals surface area contributed by atoms with E-state index in [1.54, 1.807) is 7.05 Å². The molecule has 3 rings (SSSR count). The third-order valence-electron chi connectivity index (χ3n) is 5.22. The van der Waals surface area contributed by atoms with E-state index in [4.69, 9.17) is 0 Å². The number of halogens is 3. The Bertz CT molecular complexity index is 831. The Balaban J connectivity index is 0.00000320. The summed E-state index contributed by atoms with van der Waals surface area (Å²) < 4.78 is 27.0. The molecule has 1 fully saturated rings. The Morgan fingerprint density at radius 1 is 1.23 bits per heavy atom. The highest BCUT2D eigenvalue weighted by atomic mass is 127. The Kier molecular flexibility index (Phi) is 9.47. The number of rotatable bonds is 6. The number of aliphatic imine (C=N–C) groups is 1. The highest BCUT2D eigenvalue weighted by molar-refractivity contribution is 14.0. The Labute approximate surface area is 194 Å². The molecular formula is C21H31F2IN6. The lowest BCUT2D eigenvalue weighted by atomic mass is 10.1. The molecule has 2 heterocycles. The van der Waals surface area contributed by atoms with Gasteiger partial charge in [0.05, 0.1) is 17.9 Å². The molecule has 9 heteroatoms. The fourth-order valence-electron chi connectivity index (χ4n) is 3.76. The monoisotopic (exact) mass is 532 g/mol. The van der Waals surface area contributed by atoms with Crippen LogP contribution in [0.5, 0.6) is 0 Å². The summed E-state index contributed by atoms with van der Waals surface area (Å²) in [6.07, 6.45) is -0.609. The van der Waals surface area contributed by atoms with Crippen LogP contribution in [0.3, 0.4) is 0 Å². The highest BCUT2D eigenvalue weighted by Gasteiger charge is 2.22. The summed E-state index contributed by atoms with van der Waals surface area (Å²) in [4.78, 5) is 6.15. The maximum Gasteiger partial charge on any atom is 0.251 e. The second kappa shape index (κ2) is 11.6. The molecule has 30 heavy (non-hydrogen) atoms.